The van der Waals surface area contributed by atoms with Gasteiger partial charge >= 0.3 is 0 Å². The van der Waals surface area contributed by atoms with E-state index in [9.17, 15) is 13.2 Å². The molecule has 3 rings (SSSR count). The van der Waals surface area contributed by atoms with Gasteiger partial charge in [0.2, 0.25) is 0 Å². The number of benzene rings is 2. The molecule has 0 spiro atoms. The molecule has 154 valence electrons. The quantitative estimate of drug-likeness (QED) is 0.365. The normalized spacial score (nSPS) is 16.6. The van der Waals surface area contributed by atoms with Gasteiger partial charge in [-0.1, -0.05) is 11.6 Å². The molecule has 1 aliphatic rings. The van der Waals surface area contributed by atoms with Gasteiger partial charge < -0.3 is 16.0 Å². The van der Waals surface area contributed by atoms with E-state index in [1.165, 1.54) is 18.2 Å². The van der Waals surface area contributed by atoms with Crippen LogP contribution in [0.15, 0.2) is 35.4 Å². The molecule has 1 fully saturated rings. The van der Waals surface area contributed by atoms with Crippen LogP contribution in [-0.2, 0) is 6.54 Å². The van der Waals surface area contributed by atoms with Crippen molar-refractivity contribution in [2.24, 2.45) is 10.8 Å². The first kappa shape index (κ1) is 21.4. The smallest absolute Gasteiger partial charge is 0.184 e. The van der Waals surface area contributed by atoms with Crippen molar-refractivity contribution in [3.63, 3.8) is 0 Å². The van der Waals surface area contributed by atoms with E-state index in [4.69, 9.17) is 17.3 Å². The summed E-state index contributed by atoms with van der Waals surface area (Å²) >= 11 is 10.7. The summed E-state index contributed by atoms with van der Waals surface area (Å²) in [6.07, 6.45) is 1.84. The second-order valence-electron chi connectivity index (χ2n) is 6.61. The molecule has 0 aromatic heterocycles. The number of halogens is 4. The van der Waals surface area contributed by atoms with Gasteiger partial charge in [-0.25, -0.2) is 13.2 Å². The highest BCUT2D eigenvalue weighted by molar-refractivity contribution is 7.80. The summed E-state index contributed by atoms with van der Waals surface area (Å²) in [5.41, 5.74) is 8.31. The lowest BCUT2D eigenvalue weighted by Crippen LogP contribution is -2.32. The Labute approximate surface area is 176 Å². The van der Waals surface area contributed by atoms with Crippen molar-refractivity contribution in [1.82, 2.24) is 10.7 Å². The van der Waals surface area contributed by atoms with E-state index in [1.54, 1.807) is 4.90 Å². The minimum absolute atomic E-state index is 0.0235. The summed E-state index contributed by atoms with van der Waals surface area (Å²) in [6.45, 7) is 1.43. The van der Waals surface area contributed by atoms with Crippen LogP contribution >= 0.6 is 23.8 Å². The summed E-state index contributed by atoms with van der Waals surface area (Å²) in [5, 5.41) is 7.33. The monoisotopic (exact) mass is 441 g/mol. The van der Waals surface area contributed by atoms with E-state index < -0.39 is 11.6 Å². The van der Waals surface area contributed by atoms with Crippen molar-refractivity contribution < 1.29 is 13.2 Å². The Balaban J connectivity index is 1.63. The first-order valence-corrected chi connectivity index (χ1v) is 9.62. The predicted molar refractivity (Wildman–Crippen MR) is 113 cm³/mol. The first-order chi connectivity index (χ1) is 13.8. The Morgan fingerprint density at radius 3 is 2.83 bits per heavy atom. The molecule has 4 N–H and O–H groups in total. The van der Waals surface area contributed by atoms with Crippen molar-refractivity contribution >= 4 is 40.8 Å². The number of anilines is 1. The Bertz CT molecular complexity index is 940. The Kier molecular flexibility index (Phi) is 6.94. The van der Waals surface area contributed by atoms with E-state index in [1.807, 2.05) is 0 Å². The maximum atomic E-state index is 14.5. The molecule has 5 nitrogen and oxygen atoms in total. The number of hydrogen-bond acceptors (Lipinski definition) is 4. The fraction of sp³-hybridized carbons (Fsp3) is 0.263. The van der Waals surface area contributed by atoms with Crippen molar-refractivity contribution in [3.05, 3.63) is 63.9 Å². The zero-order valence-corrected chi connectivity index (χ0v) is 16.8. The number of thiocarbonyl (C=S) groups is 1. The summed E-state index contributed by atoms with van der Waals surface area (Å²) in [5.74, 6) is -1.53. The molecule has 0 aliphatic carbocycles. The maximum absolute atomic E-state index is 14.5. The molecule has 0 saturated carbocycles. The molecule has 0 radical (unpaired) electrons. The predicted octanol–water partition coefficient (Wildman–Crippen LogP) is 3.29. The van der Waals surface area contributed by atoms with Crippen LogP contribution in [-0.4, -0.2) is 30.5 Å². The summed E-state index contributed by atoms with van der Waals surface area (Å²) in [6, 6.07) is 6.44. The third-order valence-electron chi connectivity index (χ3n) is 4.56. The lowest BCUT2D eigenvalue weighted by Gasteiger charge is -2.20. The first-order valence-electron chi connectivity index (χ1n) is 8.83. The van der Waals surface area contributed by atoms with E-state index in [2.05, 4.69) is 28.1 Å². The Hall–Kier alpha value is -2.36. The average Bonchev–Trinajstić information content (AvgIpc) is 3.13. The van der Waals surface area contributed by atoms with Gasteiger partial charge in [0.1, 0.15) is 17.5 Å². The second kappa shape index (κ2) is 9.43. The standard InChI is InChI=1S/C19H19ClF3N5S/c20-15-2-1-13(21)5-11(15)8-25-14-3-4-28(10-14)18-7-16(22)12(6-17(18)23)9-26-27-19(24)29/h1-2,5-7,9,14,25H,3-4,8,10H2,(H3,24,27,29)/b26-9+/t14-/m1/s1. The zero-order valence-electron chi connectivity index (χ0n) is 15.3. The molecule has 1 heterocycles. The van der Waals surface area contributed by atoms with Crippen molar-refractivity contribution in [2.75, 3.05) is 18.0 Å². The van der Waals surface area contributed by atoms with Crippen LogP contribution in [0, 0.1) is 17.5 Å². The Morgan fingerprint density at radius 1 is 1.28 bits per heavy atom. The largest absolute Gasteiger partial charge is 0.375 e. The number of hydrogen-bond donors (Lipinski definition) is 3. The van der Waals surface area contributed by atoms with Crippen LogP contribution in [0.2, 0.25) is 5.02 Å². The average molecular weight is 442 g/mol. The molecule has 1 aliphatic heterocycles. The van der Waals surface area contributed by atoms with Gasteiger partial charge in [-0.15, -0.1) is 0 Å². The minimum atomic E-state index is -0.613. The molecule has 10 heteroatoms. The fourth-order valence-electron chi connectivity index (χ4n) is 3.14. The lowest BCUT2D eigenvalue weighted by atomic mass is 10.2. The molecule has 2 aromatic rings. The highest BCUT2D eigenvalue weighted by Crippen LogP contribution is 2.26. The second-order valence-corrected chi connectivity index (χ2v) is 7.45. The van der Waals surface area contributed by atoms with Gasteiger partial charge in [-0.3, -0.25) is 5.43 Å². The van der Waals surface area contributed by atoms with E-state index in [-0.39, 0.29) is 28.2 Å². The molecule has 0 bridgehead atoms. The van der Waals surface area contributed by atoms with Crippen LogP contribution in [0.5, 0.6) is 0 Å². The molecule has 1 atom stereocenters. The summed E-state index contributed by atoms with van der Waals surface area (Å²) in [7, 11) is 0. The lowest BCUT2D eigenvalue weighted by molar-refractivity contribution is 0.547. The van der Waals surface area contributed by atoms with Crippen LogP contribution in [0.1, 0.15) is 17.5 Å². The zero-order chi connectivity index (χ0) is 21.0. The summed E-state index contributed by atoms with van der Waals surface area (Å²) in [4.78, 5) is 1.76. The molecular formula is C19H19ClF3N5S. The van der Waals surface area contributed by atoms with E-state index in [0.29, 0.717) is 30.2 Å². The van der Waals surface area contributed by atoms with Gasteiger partial charge in [0.15, 0.2) is 5.11 Å². The number of nitrogens with zero attached hydrogens (tertiary/aromatic N) is 2. The number of nitrogens with one attached hydrogen (secondary N) is 2. The van der Waals surface area contributed by atoms with E-state index in [0.717, 1.165) is 24.8 Å². The van der Waals surface area contributed by atoms with Crippen LogP contribution < -0.4 is 21.4 Å². The number of rotatable bonds is 6. The van der Waals surface area contributed by atoms with Gasteiger partial charge in [0.25, 0.3) is 0 Å². The SMILES string of the molecule is NC(=S)N/N=C/c1cc(F)c(N2CC[C@@H](NCc3cc(F)ccc3Cl)C2)cc1F. The number of nitrogens with two attached hydrogens (primary N) is 1. The fourth-order valence-corrected chi connectivity index (χ4v) is 3.37. The highest BCUT2D eigenvalue weighted by atomic mass is 35.5. The third-order valence-corrected chi connectivity index (χ3v) is 5.02. The molecule has 0 unspecified atom stereocenters. The van der Waals surface area contributed by atoms with Gasteiger partial charge in [0.05, 0.1) is 11.9 Å². The topological polar surface area (TPSA) is 65.7 Å². The van der Waals surface area contributed by atoms with Crippen LogP contribution in [0.25, 0.3) is 0 Å². The van der Waals surface area contributed by atoms with Crippen LogP contribution in [0.3, 0.4) is 0 Å². The summed E-state index contributed by atoms with van der Waals surface area (Å²) < 4.78 is 42.2. The van der Waals surface area contributed by atoms with Crippen molar-refractivity contribution in [2.45, 2.75) is 19.0 Å². The highest BCUT2D eigenvalue weighted by Gasteiger charge is 2.25. The molecule has 1 saturated heterocycles. The third kappa shape index (κ3) is 5.59. The van der Waals surface area contributed by atoms with Gasteiger partial charge in [-0.2, -0.15) is 5.10 Å². The molecule has 0 amide bonds. The van der Waals surface area contributed by atoms with Gasteiger partial charge in [0, 0.05) is 42.3 Å². The van der Waals surface area contributed by atoms with Crippen LogP contribution in [0.4, 0.5) is 18.9 Å². The van der Waals surface area contributed by atoms with Gasteiger partial charge in [-0.05, 0) is 48.5 Å². The molecular weight excluding hydrogens is 423 g/mol. The Morgan fingerprint density at radius 2 is 2.07 bits per heavy atom. The van der Waals surface area contributed by atoms with E-state index >= 15 is 0 Å². The minimum Gasteiger partial charge on any atom is -0.375 e. The maximum Gasteiger partial charge on any atom is 0.184 e. The number of hydrazone groups is 1. The molecule has 2 aromatic carbocycles. The van der Waals surface area contributed by atoms with Crippen molar-refractivity contribution in [3.8, 4) is 0 Å². The molecule has 29 heavy (non-hydrogen) atoms. The van der Waals surface area contributed by atoms with Crippen molar-refractivity contribution in [1.29, 1.82) is 0 Å².